The van der Waals surface area contributed by atoms with Gasteiger partial charge in [-0.1, -0.05) is 420 Å². The highest BCUT2D eigenvalue weighted by Gasteiger charge is 2.30. The van der Waals surface area contributed by atoms with Gasteiger partial charge in [0.25, 0.3) is 0 Å². The molecule has 0 saturated carbocycles. The standard InChI is InChI=1S/C88H172O17P2/c1-7-9-11-13-15-17-19-21-23-25-27-29-31-33-35-37-39-44-48-52-60-66-72-87(92)104-83(76-98-85(90)70-64-58-51-47-43-38-36-34-32-30-28-26-24-22-20-18-16-14-12-10-8-2)78-102-106(94,95)100-74-82(89)75-101-107(96,97)103-79-84(77-99-86(91)71-65-59-55-54-57-63-69-81(5)6)105-88(93)73-67-61-53-49-45-41-40-42-46-50-56-62-68-80(3)4/h80-84,89H,7-79H2,1-6H3,(H,94,95)(H,96,97)/t82-,83-,84-/m1/s1. The highest BCUT2D eigenvalue weighted by atomic mass is 31.2. The SMILES string of the molecule is CCCCCCCCCCCCCCCCCCCCCCCCC(=O)O[C@H](COC(=O)CCCCCCCCCCCCCCCCCCCCCCC)COP(=O)(O)OC[C@@H](O)COP(=O)(O)OC[C@@H](COC(=O)CCCCCCCCC(C)C)OC(=O)CCCCCCCCCCCCCCC(C)C. The average Bonchev–Trinajstić information content (AvgIpc) is 0.905. The summed E-state index contributed by atoms with van der Waals surface area (Å²) in [6.45, 7) is 9.60. The van der Waals surface area contributed by atoms with Gasteiger partial charge in [-0.25, -0.2) is 9.13 Å². The number of aliphatic hydroxyl groups excluding tert-OH is 1. The van der Waals surface area contributed by atoms with Crippen molar-refractivity contribution < 1.29 is 80.2 Å². The number of hydrogen-bond donors (Lipinski definition) is 3. The second kappa shape index (κ2) is 79.3. The third kappa shape index (κ3) is 81.9. The van der Waals surface area contributed by atoms with Crippen molar-refractivity contribution in [2.24, 2.45) is 11.8 Å². The fourth-order valence-electron chi connectivity index (χ4n) is 13.8. The Hall–Kier alpha value is -1.94. The molecule has 636 valence electrons. The molecule has 3 N–H and O–H groups in total. The average molecular weight is 1560 g/mol. The molecule has 0 aromatic carbocycles. The summed E-state index contributed by atoms with van der Waals surface area (Å²) in [6.07, 6.45) is 72.7. The molecule has 0 radical (unpaired) electrons. The summed E-state index contributed by atoms with van der Waals surface area (Å²) in [6, 6.07) is 0. The lowest BCUT2D eigenvalue weighted by molar-refractivity contribution is -0.161. The van der Waals surface area contributed by atoms with Crippen molar-refractivity contribution in [2.75, 3.05) is 39.6 Å². The Balaban J connectivity index is 5.19. The zero-order valence-corrected chi connectivity index (χ0v) is 72.2. The summed E-state index contributed by atoms with van der Waals surface area (Å²) in [5.74, 6) is -0.649. The van der Waals surface area contributed by atoms with E-state index in [4.69, 9.17) is 37.0 Å². The zero-order chi connectivity index (χ0) is 78.5. The maximum absolute atomic E-state index is 13.2. The molecule has 0 fully saturated rings. The van der Waals surface area contributed by atoms with Crippen LogP contribution in [-0.4, -0.2) is 96.7 Å². The van der Waals surface area contributed by atoms with Gasteiger partial charge in [0.05, 0.1) is 26.4 Å². The van der Waals surface area contributed by atoms with Crippen LogP contribution in [0.5, 0.6) is 0 Å². The normalized spacial score (nSPS) is 13.8. The number of unbranched alkanes of at least 4 members (excludes halogenated alkanes) is 57. The van der Waals surface area contributed by atoms with Crippen LogP contribution in [0.3, 0.4) is 0 Å². The number of phosphoric ester groups is 2. The summed E-state index contributed by atoms with van der Waals surface area (Å²) in [5.41, 5.74) is 0. The van der Waals surface area contributed by atoms with Gasteiger partial charge in [-0.2, -0.15) is 0 Å². The Morgan fingerprint density at radius 3 is 0.636 bits per heavy atom. The smallest absolute Gasteiger partial charge is 0.462 e. The van der Waals surface area contributed by atoms with E-state index in [1.807, 2.05) is 0 Å². The third-order valence-electron chi connectivity index (χ3n) is 20.7. The van der Waals surface area contributed by atoms with Crippen LogP contribution in [0.15, 0.2) is 0 Å². The second-order valence-electron chi connectivity index (χ2n) is 32.6. The molecule has 0 aromatic heterocycles. The van der Waals surface area contributed by atoms with Gasteiger partial charge in [0.15, 0.2) is 12.2 Å². The molecule has 0 aromatic rings. The Kier molecular flexibility index (Phi) is 77.9. The third-order valence-corrected chi connectivity index (χ3v) is 22.6. The molecule has 19 heteroatoms. The lowest BCUT2D eigenvalue weighted by Gasteiger charge is -2.21. The summed E-state index contributed by atoms with van der Waals surface area (Å²) in [4.78, 5) is 73.2. The first-order valence-corrected chi connectivity index (χ1v) is 48.5. The summed E-state index contributed by atoms with van der Waals surface area (Å²) < 4.78 is 68.9. The predicted molar refractivity (Wildman–Crippen MR) is 442 cm³/mol. The molecule has 5 atom stereocenters. The van der Waals surface area contributed by atoms with Crippen LogP contribution in [0.25, 0.3) is 0 Å². The molecule has 17 nitrogen and oxygen atoms in total. The first-order valence-electron chi connectivity index (χ1n) is 45.5. The van der Waals surface area contributed by atoms with Crippen molar-refractivity contribution in [3.05, 3.63) is 0 Å². The number of esters is 4. The van der Waals surface area contributed by atoms with E-state index in [9.17, 15) is 43.2 Å². The molecule has 107 heavy (non-hydrogen) atoms. The number of carbonyl (C=O) groups is 4. The number of carbonyl (C=O) groups excluding carboxylic acids is 4. The van der Waals surface area contributed by atoms with E-state index in [1.165, 1.54) is 283 Å². The molecule has 0 bridgehead atoms. The Bertz CT molecular complexity index is 2050. The minimum atomic E-state index is -4.97. The van der Waals surface area contributed by atoms with E-state index in [1.54, 1.807) is 0 Å². The Morgan fingerprint density at radius 2 is 0.430 bits per heavy atom. The van der Waals surface area contributed by atoms with Gasteiger partial charge < -0.3 is 33.8 Å². The van der Waals surface area contributed by atoms with E-state index in [-0.39, 0.29) is 25.7 Å². The first-order chi connectivity index (χ1) is 51.9. The van der Waals surface area contributed by atoms with Crippen LogP contribution in [0.1, 0.15) is 472 Å². The lowest BCUT2D eigenvalue weighted by Crippen LogP contribution is -2.30. The van der Waals surface area contributed by atoms with Gasteiger partial charge in [-0.3, -0.25) is 37.3 Å². The van der Waals surface area contributed by atoms with Gasteiger partial charge in [0.2, 0.25) is 0 Å². The Morgan fingerprint density at radius 1 is 0.252 bits per heavy atom. The lowest BCUT2D eigenvalue weighted by atomic mass is 10.0. The fraction of sp³-hybridized carbons (Fsp3) is 0.955. The van der Waals surface area contributed by atoms with E-state index >= 15 is 0 Å². The van der Waals surface area contributed by atoms with Crippen LogP contribution in [0.2, 0.25) is 0 Å². The topological polar surface area (TPSA) is 237 Å². The largest absolute Gasteiger partial charge is 0.472 e. The van der Waals surface area contributed by atoms with Crippen LogP contribution in [-0.2, 0) is 65.4 Å². The monoisotopic (exact) mass is 1560 g/mol. The van der Waals surface area contributed by atoms with Crippen LogP contribution >= 0.6 is 15.6 Å². The summed E-state index contributed by atoms with van der Waals surface area (Å²) in [7, 11) is -9.93. The van der Waals surface area contributed by atoms with Crippen LogP contribution < -0.4 is 0 Å². The zero-order valence-electron chi connectivity index (χ0n) is 70.5. The van der Waals surface area contributed by atoms with E-state index in [0.29, 0.717) is 31.6 Å². The van der Waals surface area contributed by atoms with Crippen LogP contribution in [0.4, 0.5) is 0 Å². The molecule has 0 rings (SSSR count). The highest BCUT2D eigenvalue weighted by Crippen LogP contribution is 2.45. The summed E-state index contributed by atoms with van der Waals surface area (Å²) in [5, 5.41) is 10.7. The number of rotatable bonds is 87. The van der Waals surface area contributed by atoms with Gasteiger partial charge >= 0.3 is 39.5 Å². The maximum Gasteiger partial charge on any atom is 0.472 e. The molecular formula is C88H172O17P2. The van der Waals surface area contributed by atoms with Gasteiger partial charge in [-0.15, -0.1) is 0 Å². The van der Waals surface area contributed by atoms with Crippen molar-refractivity contribution in [1.82, 2.24) is 0 Å². The molecule has 0 aliphatic heterocycles. The molecule has 0 saturated heterocycles. The van der Waals surface area contributed by atoms with E-state index in [0.717, 1.165) is 102 Å². The molecular weight excluding hydrogens is 1390 g/mol. The number of phosphoric acid groups is 2. The van der Waals surface area contributed by atoms with Crippen molar-refractivity contribution in [2.45, 2.75) is 490 Å². The number of aliphatic hydroxyl groups is 1. The molecule has 0 aliphatic carbocycles. The summed E-state index contributed by atoms with van der Waals surface area (Å²) >= 11 is 0. The minimum absolute atomic E-state index is 0.106. The van der Waals surface area contributed by atoms with E-state index < -0.39 is 97.5 Å². The van der Waals surface area contributed by atoms with Crippen molar-refractivity contribution in [1.29, 1.82) is 0 Å². The first kappa shape index (κ1) is 105. The predicted octanol–water partition coefficient (Wildman–Crippen LogP) is 27.0. The van der Waals surface area contributed by atoms with Crippen molar-refractivity contribution in [3.63, 3.8) is 0 Å². The van der Waals surface area contributed by atoms with Gasteiger partial charge in [0.1, 0.15) is 19.3 Å². The Labute approximate surface area is 658 Å². The molecule has 0 spiro atoms. The molecule has 0 aliphatic rings. The minimum Gasteiger partial charge on any atom is -0.462 e. The quantitative estimate of drug-likeness (QED) is 0.0222. The molecule has 0 amide bonds. The van der Waals surface area contributed by atoms with Crippen molar-refractivity contribution in [3.8, 4) is 0 Å². The molecule has 2 unspecified atom stereocenters. The highest BCUT2D eigenvalue weighted by molar-refractivity contribution is 7.47. The maximum atomic E-state index is 13.2. The molecule has 0 heterocycles. The number of hydrogen-bond acceptors (Lipinski definition) is 15. The second-order valence-corrected chi connectivity index (χ2v) is 35.5. The van der Waals surface area contributed by atoms with E-state index in [2.05, 4.69) is 41.5 Å². The van der Waals surface area contributed by atoms with Crippen molar-refractivity contribution >= 4 is 39.5 Å². The van der Waals surface area contributed by atoms with Gasteiger partial charge in [0, 0.05) is 25.7 Å². The van der Waals surface area contributed by atoms with Gasteiger partial charge in [-0.05, 0) is 37.5 Å². The number of ether oxygens (including phenoxy) is 4. The fourth-order valence-corrected chi connectivity index (χ4v) is 15.4. The van der Waals surface area contributed by atoms with Crippen LogP contribution in [0, 0.1) is 11.8 Å².